The summed E-state index contributed by atoms with van der Waals surface area (Å²) < 4.78 is 20.4. The fourth-order valence-electron chi connectivity index (χ4n) is 2.58. The minimum Gasteiger partial charge on any atom is -0.490 e. The number of methoxy groups -OCH3 is 1. The summed E-state index contributed by atoms with van der Waals surface area (Å²) in [7, 11) is 1.19. The molecule has 1 fully saturated rings. The molecular formula is C20H23NO8S. The number of imide groups is 1. The van der Waals surface area contributed by atoms with Crippen molar-refractivity contribution in [2.24, 2.45) is 0 Å². The van der Waals surface area contributed by atoms with E-state index in [0.717, 1.165) is 16.7 Å². The summed E-state index contributed by atoms with van der Waals surface area (Å²) in [5.41, 5.74) is 0.582. The minimum absolute atomic E-state index is 0.165. The van der Waals surface area contributed by atoms with Crippen LogP contribution in [0, 0.1) is 0 Å². The standard InChI is InChI=1S/C20H23NO8S/c1-5-27-15-9-13(7-8-14(15)29-11-17(22)28-6-2)10-16-18(23)21(20(25)30-16)12(3)19(24)26-4/h7-10,12H,5-6,11H2,1-4H3/b16-10+/t12-/m1/s1. The molecule has 9 nitrogen and oxygen atoms in total. The van der Waals surface area contributed by atoms with Gasteiger partial charge in [-0.25, -0.2) is 9.59 Å². The van der Waals surface area contributed by atoms with Crippen LogP contribution in [0.15, 0.2) is 23.1 Å². The van der Waals surface area contributed by atoms with Gasteiger partial charge >= 0.3 is 11.9 Å². The van der Waals surface area contributed by atoms with E-state index in [0.29, 0.717) is 23.7 Å². The van der Waals surface area contributed by atoms with Crippen molar-refractivity contribution in [2.75, 3.05) is 26.9 Å². The zero-order valence-corrected chi connectivity index (χ0v) is 17.9. The Morgan fingerprint density at radius 3 is 2.50 bits per heavy atom. The number of ether oxygens (including phenoxy) is 4. The first-order chi connectivity index (χ1) is 14.3. The Kier molecular flexibility index (Phi) is 8.28. The van der Waals surface area contributed by atoms with E-state index in [-0.39, 0.29) is 18.1 Å². The van der Waals surface area contributed by atoms with Gasteiger partial charge < -0.3 is 18.9 Å². The number of carbonyl (C=O) groups is 4. The quantitative estimate of drug-likeness (QED) is 0.425. The first kappa shape index (κ1) is 23.3. The van der Waals surface area contributed by atoms with Gasteiger partial charge in [0.05, 0.1) is 25.2 Å². The van der Waals surface area contributed by atoms with E-state index in [1.54, 1.807) is 32.0 Å². The second-order valence-corrected chi connectivity index (χ2v) is 6.98. The Hall–Kier alpha value is -3.01. The van der Waals surface area contributed by atoms with E-state index in [2.05, 4.69) is 4.74 Å². The van der Waals surface area contributed by atoms with Gasteiger partial charge in [0, 0.05) is 0 Å². The van der Waals surface area contributed by atoms with Gasteiger partial charge in [0.15, 0.2) is 18.1 Å². The highest BCUT2D eigenvalue weighted by Gasteiger charge is 2.41. The van der Waals surface area contributed by atoms with Crippen LogP contribution in [-0.4, -0.2) is 61.0 Å². The molecule has 10 heteroatoms. The van der Waals surface area contributed by atoms with Crippen molar-refractivity contribution in [2.45, 2.75) is 26.8 Å². The maximum atomic E-state index is 12.6. The normalized spacial score (nSPS) is 15.9. The van der Waals surface area contributed by atoms with Crippen molar-refractivity contribution in [3.8, 4) is 11.5 Å². The van der Waals surface area contributed by atoms with Gasteiger partial charge in [0.25, 0.3) is 11.1 Å². The molecule has 0 aliphatic carbocycles. The van der Waals surface area contributed by atoms with Crippen molar-refractivity contribution in [3.63, 3.8) is 0 Å². The number of nitrogens with zero attached hydrogens (tertiary/aromatic N) is 1. The van der Waals surface area contributed by atoms with Crippen LogP contribution in [0.2, 0.25) is 0 Å². The molecule has 1 aliphatic heterocycles. The lowest BCUT2D eigenvalue weighted by Gasteiger charge is -2.18. The number of benzene rings is 1. The van der Waals surface area contributed by atoms with Crippen LogP contribution >= 0.6 is 11.8 Å². The summed E-state index contributed by atoms with van der Waals surface area (Å²) in [6.45, 7) is 5.26. The highest BCUT2D eigenvalue weighted by atomic mass is 32.2. The van der Waals surface area contributed by atoms with Gasteiger partial charge in [-0.2, -0.15) is 0 Å². The molecule has 0 aromatic heterocycles. The fraction of sp³-hybridized carbons (Fsp3) is 0.400. The monoisotopic (exact) mass is 437 g/mol. The predicted octanol–water partition coefficient (Wildman–Crippen LogP) is 2.63. The molecule has 1 atom stereocenters. The molecule has 0 bridgehead atoms. The topological polar surface area (TPSA) is 108 Å². The molecular weight excluding hydrogens is 414 g/mol. The molecule has 1 aliphatic rings. The molecule has 0 N–H and O–H groups in total. The van der Waals surface area contributed by atoms with Crippen LogP contribution in [0.25, 0.3) is 6.08 Å². The van der Waals surface area contributed by atoms with Crippen LogP contribution < -0.4 is 9.47 Å². The van der Waals surface area contributed by atoms with Crippen LogP contribution in [-0.2, 0) is 23.9 Å². The average Bonchev–Trinajstić information content (AvgIpc) is 2.99. The third-order valence-corrected chi connectivity index (χ3v) is 4.85. The Balaban J connectivity index is 2.23. The summed E-state index contributed by atoms with van der Waals surface area (Å²) in [6.07, 6.45) is 1.52. The van der Waals surface area contributed by atoms with Crippen molar-refractivity contribution < 1.29 is 38.1 Å². The van der Waals surface area contributed by atoms with Crippen LogP contribution in [0.1, 0.15) is 26.3 Å². The SMILES string of the molecule is CCOC(=O)COc1ccc(/C=C2/SC(=O)N([C@H](C)C(=O)OC)C2=O)cc1OCC. The smallest absolute Gasteiger partial charge is 0.344 e. The molecule has 0 spiro atoms. The Morgan fingerprint density at radius 1 is 1.13 bits per heavy atom. The number of rotatable bonds is 9. The molecule has 1 saturated heterocycles. The maximum absolute atomic E-state index is 12.6. The largest absolute Gasteiger partial charge is 0.490 e. The van der Waals surface area contributed by atoms with Gasteiger partial charge in [-0.05, 0) is 56.3 Å². The van der Waals surface area contributed by atoms with Crippen molar-refractivity contribution in [1.82, 2.24) is 4.90 Å². The number of hydrogen-bond acceptors (Lipinski definition) is 9. The van der Waals surface area contributed by atoms with Gasteiger partial charge in [-0.1, -0.05) is 6.07 Å². The van der Waals surface area contributed by atoms with E-state index in [1.807, 2.05) is 0 Å². The highest BCUT2D eigenvalue weighted by Crippen LogP contribution is 2.35. The highest BCUT2D eigenvalue weighted by molar-refractivity contribution is 8.18. The summed E-state index contributed by atoms with van der Waals surface area (Å²) in [5.74, 6) is -1.05. The number of amides is 2. The van der Waals surface area contributed by atoms with Gasteiger partial charge in [-0.15, -0.1) is 0 Å². The van der Waals surface area contributed by atoms with E-state index < -0.39 is 29.1 Å². The molecule has 0 radical (unpaired) electrons. The zero-order chi connectivity index (χ0) is 22.3. The van der Waals surface area contributed by atoms with Crippen LogP contribution in [0.4, 0.5) is 4.79 Å². The average molecular weight is 437 g/mol. The number of thioether (sulfide) groups is 1. The molecule has 0 saturated carbocycles. The predicted molar refractivity (Wildman–Crippen MR) is 109 cm³/mol. The third-order valence-electron chi connectivity index (χ3n) is 3.97. The molecule has 1 heterocycles. The van der Waals surface area contributed by atoms with Crippen molar-refractivity contribution in [3.05, 3.63) is 28.7 Å². The van der Waals surface area contributed by atoms with E-state index >= 15 is 0 Å². The summed E-state index contributed by atoms with van der Waals surface area (Å²) in [4.78, 5) is 49.0. The summed E-state index contributed by atoms with van der Waals surface area (Å²) in [6, 6.07) is 3.85. The molecule has 30 heavy (non-hydrogen) atoms. The van der Waals surface area contributed by atoms with E-state index in [9.17, 15) is 19.2 Å². The molecule has 2 rings (SSSR count). The lowest BCUT2D eigenvalue weighted by Crippen LogP contribution is -2.42. The molecule has 0 unspecified atom stereocenters. The van der Waals surface area contributed by atoms with Gasteiger partial charge in [0.1, 0.15) is 6.04 Å². The third kappa shape index (κ3) is 5.53. The summed E-state index contributed by atoms with van der Waals surface area (Å²) in [5, 5.41) is -0.552. The maximum Gasteiger partial charge on any atom is 0.344 e. The van der Waals surface area contributed by atoms with Crippen molar-refractivity contribution in [1.29, 1.82) is 0 Å². The Labute approximate surface area is 178 Å². The molecule has 2 amide bonds. The van der Waals surface area contributed by atoms with Crippen LogP contribution in [0.5, 0.6) is 11.5 Å². The van der Waals surface area contributed by atoms with Crippen LogP contribution in [0.3, 0.4) is 0 Å². The number of esters is 2. The van der Waals surface area contributed by atoms with Crippen molar-refractivity contribution >= 4 is 40.9 Å². The Bertz CT molecular complexity index is 866. The summed E-state index contributed by atoms with van der Waals surface area (Å²) >= 11 is 0.733. The lowest BCUT2D eigenvalue weighted by atomic mass is 10.1. The first-order valence-corrected chi connectivity index (χ1v) is 10.0. The lowest BCUT2D eigenvalue weighted by molar-refractivity contribution is -0.148. The second kappa shape index (κ2) is 10.7. The molecule has 162 valence electrons. The van der Waals surface area contributed by atoms with Gasteiger partial charge in [0.2, 0.25) is 0 Å². The van der Waals surface area contributed by atoms with Gasteiger partial charge in [-0.3, -0.25) is 14.5 Å². The first-order valence-electron chi connectivity index (χ1n) is 9.22. The van der Waals surface area contributed by atoms with E-state index in [4.69, 9.17) is 14.2 Å². The van der Waals surface area contributed by atoms with E-state index in [1.165, 1.54) is 20.1 Å². The zero-order valence-electron chi connectivity index (χ0n) is 17.1. The second-order valence-electron chi connectivity index (χ2n) is 5.98. The number of carbonyl (C=O) groups excluding carboxylic acids is 4. The number of hydrogen-bond donors (Lipinski definition) is 0. The fourth-order valence-corrected chi connectivity index (χ4v) is 3.49. The minimum atomic E-state index is -1.02. The molecule has 1 aromatic rings. The molecule has 1 aromatic carbocycles. The Morgan fingerprint density at radius 2 is 1.87 bits per heavy atom.